The van der Waals surface area contributed by atoms with Crippen LogP contribution in [0.2, 0.25) is 5.02 Å². The Labute approximate surface area is 180 Å². The van der Waals surface area contributed by atoms with Crippen molar-refractivity contribution >= 4 is 29.2 Å². The third-order valence-electron chi connectivity index (χ3n) is 4.31. The van der Waals surface area contributed by atoms with Crippen LogP contribution in [0.25, 0.3) is 0 Å². The fourth-order valence-corrected chi connectivity index (χ4v) is 2.82. The molecule has 0 aliphatic heterocycles. The van der Waals surface area contributed by atoms with Crippen LogP contribution in [0.3, 0.4) is 0 Å². The summed E-state index contributed by atoms with van der Waals surface area (Å²) in [7, 11) is 1.58. The number of aryl methyl sites for hydroxylation is 1. The van der Waals surface area contributed by atoms with Crippen LogP contribution in [0.15, 0.2) is 66.9 Å². The third kappa shape index (κ3) is 6.06. The van der Waals surface area contributed by atoms with Gasteiger partial charge in [0.25, 0.3) is 5.91 Å². The molecule has 1 heterocycles. The number of aromatic nitrogens is 1. The number of rotatable bonds is 7. The fourth-order valence-electron chi connectivity index (χ4n) is 2.70. The summed E-state index contributed by atoms with van der Waals surface area (Å²) in [6, 6.07) is 17.8. The number of pyridine rings is 1. The number of hydrogen-bond acceptors (Lipinski definition) is 4. The highest BCUT2D eigenvalue weighted by atomic mass is 35.5. The lowest BCUT2D eigenvalue weighted by Gasteiger charge is -2.17. The molecule has 6 nitrogen and oxygen atoms in total. The largest absolute Gasteiger partial charge is 0.489 e. The first-order valence-corrected chi connectivity index (χ1v) is 9.74. The lowest BCUT2D eigenvalue weighted by atomic mass is 10.2. The predicted octanol–water partition coefficient (Wildman–Crippen LogP) is 4.33. The quantitative estimate of drug-likeness (QED) is 0.613. The van der Waals surface area contributed by atoms with Crippen LogP contribution >= 0.6 is 11.6 Å². The molecule has 2 aromatic carbocycles. The zero-order valence-electron chi connectivity index (χ0n) is 16.8. The summed E-state index contributed by atoms with van der Waals surface area (Å²) in [5, 5.41) is 3.35. The van der Waals surface area contributed by atoms with Crippen LogP contribution < -0.4 is 10.1 Å². The molecule has 0 spiro atoms. The zero-order chi connectivity index (χ0) is 21.5. The van der Waals surface area contributed by atoms with Gasteiger partial charge in [0.15, 0.2) is 0 Å². The van der Waals surface area contributed by atoms with E-state index in [1.165, 1.54) is 4.90 Å². The van der Waals surface area contributed by atoms with Crippen LogP contribution in [-0.4, -0.2) is 35.3 Å². The number of ether oxygens (including phenoxy) is 1. The van der Waals surface area contributed by atoms with Gasteiger partial charge in [0.2, 0.25) is 5.91 Å². The molecule has 2 amide bonds. The van der Waals surface area contributed by atoms with Crippen molar-refractivity contribution in [2.75, 3.05) is 18.9 Å². The standard InChI is InChI=1S/C23H22ClN3O3/c1-16-6-11-21(25-13-16)26-22(28)14-27(2)23(29)18-4-3-5-20(12-18)30-15-17-7-9-19(24)10-8-17/h3-13H,14-15H2,1-2H3,(H,25,26,28). The van der Waals surface area contributed by atoms with Gasteiger partial charge in [-0.3, -0.25) is 9.59 Å². The first-order chi connectivity index (χ1) is 14.4. The molecule has 3 aromatic rings. The van der Waals surface area contributed by atoms with Gasteiger partial charge in [-0.1, -0.05) is 35.9 Å². The Kier molecular flexibility index (Phi) is 7.03. The van der Waals surface area contributed by atoms with Crippen molar-refractivity contribution in [3.63, 3.8) is 0 Å². The SMILES string of the molecule is Cc1ccc(NC(=O)CN(C)C(=O)c2cccc(OCc3ccc(Cl)cc3)c2)nc1. The fraction of sp³-hybridized carbons (Fsp3) is 0.174. The summed E-state index contributed by atoms with van der Waals surface area (Å²) in [4.78, 5) is 30.4. The Morgan fingerprint density at radius 2 is 1.87 bits per heavy atom. The number of benzene rings is 2. The van der Waals surface area contributed by atoms with E-state index in [0.717, 1.165) is 11.1 Å². The minimum absolute atomic E-state index is 0.0930. The molecule has 0 aliphatic rings. The van der Waals surface area contributed by atoms with Gasteiger partial charge in [-0.25, -0.2) is 4.98 Å². The maximum absolute atomic E-state index is 12.7. The minimum Gasteiger partial charge on any atom is -0.489 e. The van der Waals surface area contributed by atoms with Gasteiger partial charge in [0, 0.05) is 23.8 Å². The molecule has 1 aromatic heterocycles. The van der Waals surface area contributed by atoms with E-state index >= 15 is 0 Å². The van der Waals surface area contributed by atoms with Gasteiger partial charge in [-0.05, 0) is 54.4 Å². The molecule has 7 heteroatoms. The summed E-state index contributed by atoms with van der Waals surface area (Å²) < 4.78 is 5.77. The van der Waals surface area contributed by atoms with Crippen molar-refractivity contribution < 1.29 is 14.3 Å². The number of anilines is 1. The lowest BCUT2D eigenvalue weighted by Crippen LogP contribution is -2.35. The van der Waals surface area contributed by atoms with Gasteiger partial charge in [-0.15, -0.1) is 0 Å². The second kappa shape index (κ2) is 9.89. The monoisotopic (exact) mass is 423 g/mol. The van der Waals surface area contributed by atoms with Crippen LogP contribution in [0, 0.1) is 6.92 Å². The summed E-state index contributed by atoms with van der Waals surface area (Å²) >= 11 is 5.89. The van der Waals surface area contributed by atoms with E-state index in [9.17, 15) is 9.59 Å². The van der Waals surface area contributed by atoms with Gasteiger partial charge in [0.05, 0.1) is 6.54 Å². The molecular weight excluding hydrogens is 402 g/mol. The second-order valence-electron chi connectivity index (χ2n) is 6.87. The van der Waals surface area contributed by atoms with Gasteiger partial charge >= 0.3 is 0 Å². The van der Waals surface area contributed by atoms with Gasteiger partial charge in [0.1, 0.15) is 18.2 Å². The number of amides is 2. The summed E-state index contributed by atoms with van der Waals surface area (Å²) in [5.41, 5.74) is 2.40. The van der Waals surface area contributed by atoms with Crippen molar-refractivity contribution in [2.24, 2.45) is 0 Å². The number of nitrogens with one attached hydrogen (secondary N) is 1. The predicted molar refractivity (Wildman–Crippen MR) is 117 cm³/mol. The van der Waals surface area contributed by atoms with Crippen molar-refractivity contribution in [3.05, 3.63) is 88.6 Å². The molecule has 0 saturated carbocycles. The Morgan fingerprint density at radius 1 is 1.10 bits per heavy atom. The van der Waals surface area contributed by atoms with Gasteiger partial charge < -0.3 is 15.0 Å². The van der Waals surface area contributed by atoms with E-state index in [4.69, 9.17) is 16.3 Å². The first kappa shape index (κ1) is 21.3. The third-order valence-corrected chi connectivity index (χ3v) is 4.56. The average molecular weight is 424 g/mol. The molecular formula is C23H22ClN3O3. The van der Waals surface area contributed by atoms with E-state index in [0.29, 0.717) is 28.8 Å². The Bertz CT molecular complexity index is 1020. The van der Waals surface area contributed by atoms with Crippen molar-refractivity contribution in [2.45, 2.75) is 13.5 Å². The number of halogens is 1. The Balaban J connectivity index is 1.57. The van der Waals surface area contributed by atoms with Crippen molar-refractivity contribution in [1.82, 2.24) is 9.88 Å². The van der Waals surface area contributed by atoms with E-state index in [1.807, 2.05) is 25.1 Å². The molecule has 0 aliphatic carbocycles. The number of nitrogens with zero attached hydrogens (tertiary/aromatic N) is 2. The Hall–Kier alpha value is -3.38. The van der Waals surface area contributed by atoms with E-state index < -0.39 is 0 Å². The van der Waals surface area contributed by atoms with Crippen molar-refractivity contribution in [3.8, 4) is 5.75 Å². The zero-order valence-corrected chi connectivity index (χ0v) is 17.5. The topological polar surface area (TPSA) is 71.5 Å². The van der Waals surface area contributed by atoms with E-state index in [1.54, 1.807) is 55.7 Å². The highest BCUT2D eigenvalue weighted by Gasteiger charge is 2.16. The summed E-state index contributed by atoms with van der Waals surface area (Å²) in [6.07, 6.45) is 1.67. The molecule has 0 bridgehead atoms. The Morgan fingerprint density at radius 3 is 2.57 bits per heavy atom. The van der Waals surface area contributed by atoms with Crippen LogP contribution in [0.4, 0.5) is 5.82 Å². The van der Waals surface area contributed by atoms with Crippen LogP contribution in [0.1, 0.15) is 21.5 Å². The molecule has 30 heavy (non-hydrogen) atoms. The number of hydrogen-bond donors (Lipinski definition) is 1. The first-order valence-electron chi connectivity index (χ1n) is 9.36. The minimum atomic E-state index is -0.322. The second-order valence-corrected chi connectivity index (χ2v) is 7.31. The molecule has 154 valence electrons. The van der Waals surface area contributed by atoms with E-state index in [-0.39, 0.29) is 18.4 Å². The molecule has 0 unspecified atom stereocenters. The number of likely N-dealkylation sites (N-methyl/N-ethyl adjacent to an activating group) is 1. The highest BCUT2D eigenvalue weighted by Crippen LogP contribution is 2.17. The molecule has 0 fully saturated rings. The summed E-state index contributed by atoms with van der Waals surface area (Å²) in [5.74, 6) is 0.415. The highest BCUT2D eigenvalue weighted by molar-refractivity contribution is 6.30. The maximum atomic E-state index is 12.7. The number of carbonyl (C=O) groups excluding carboxylic acids is 2. The van der Waals surface area contributed by atoms with Crippen LogP contribution in [0.5, 0.6) is 5.75 Å². The normalized spacial score (nSPS) is 10.4. The lowest BCUT2D eigenvalue weighted by molar-refractivity contribution is -0.116. The van der Waals surface area contributed by atoms with Crippen LogP contribution in [-0.2, 0) is 11.4 Å². The van der Waals surface area contributed by atoms with Gasteiger partial charge in [-0.2, -0.15) is 0 Å². The molecule has 0 atom stereocenters. The van der Waals surface area contributed by atoms with E-state index in [2.05, 4.69) is 10.3 Å². The summed E-state index contributed by atoms with van der Waals surface area (Å²) in [6.45, 7) is 2.18. The number of carbonyl (C=O) groups is 2. The molecule has 1 N–H and O–H groups in total. The molecule has 0 radical (unpaired) electrons. The smallest absolute Gasteiger partial charge is 0.254 e. The van der Waals surface area contributed by atoms with Crippen molar-refractivity contribution in [1.29, 1.82) is 0 Å². The molecule has 0 saturated heterocycles. The maximum Gasteiger partial charge on any atom is 0.254 e. The molecule has 3 rings (SSSR count). The average Bonchev–Trinajstić information content (AvgIpc) is 2.74.